The first-order chi connectivity index (χ1) is 5.27. The zero-order valence-electron chi connectivity index (χ0n) is 5.90. The molecule has 0 saturated carbocycles. The van der Waals surface area contributed by atoms with Crippen molar-refractivity contribution in [2.45, 2.75) is 6.92 Å². The summed E-state index contributed by atoms with van der Waals surface area (Å²) in [5.74, 6) is 0.202. The lowest BCUT2D eigenvalue weighted by molar-refractivity contribution is 0.443. The van der Waals surface area contributed by atoms with E-state index in [1.807, 2.05) is 6.92 Å². The lowest BCUT2D eigenvalue weighted by atomic mass is 10.3. The molecule has 0 atom stereocenters. The minimum Gasteiger partial charge on any atom is -0.368 e. The Kier molecular flexibility index (Phi) is 1.06. The van der Waals surface area contributed by atoms with Crippen molar-refractivity contribution in [3.05, 3.63) is 11.9 Å². The van der Waals surface area contributed by atoms with Gasteiger partial charge in [-0.05, 0) is 6.92 Å². The molecule has 5 nitrogen and oxygen atoms in total. The Morgan fingerprint density at radius 3 is 3.18 bits per heavy atom. The summed E-state index contributed by atoms with van der Waals surface area (Å²) in [6.45, 7) is 1.82. The van der Waals surface area contributed by atoms with Crippen LogP contribution in [0.4, 0.5) is 5.95 Å². The fraction of sp³-hybridized carbons (Fsp3) is 0.167. The Balaban J connectivity index is 2.86. The zero-order chi connectivity index (χ0) is 7.84. The number of aryl methyl sites for hydroxylation is 1. The predicted molar refractivity (Wildman–Crippen MR) is 38.7 cm³/mol. The van der Waals surface area contributed by atoms with Crippen LogP contribution in [0.15, 0.2) is 10.7 Å². The van der Waals surface area contributed by atoms with E-state index in [-0.39, 0.29) is 5.95 Å². The van der Waals surface area contributed by atoms with Crippen molar-refractivity contribution in [1.29, 1.82) is 0 Å². The van der Waals surface area contributed by atoms with Crippen LogP contribution in [0.2, 0.25) is 0 Å². The summed E-state index contributed by atoms with van der Waals surface area (Å²) < 4.78 is 4.85. The van der Waals surface area contributed by atoms with Crippen molar-refractivity contribution < 1.29 is 4.52 Å². The maximum absolute atomic E-state index is 5.32. The molecule has 0 bridgehead atoms. The number of aromatic nitrogens is 3. The molecule has 2 aromatic heterocycles. The van der Waals surface area contributed by atoms with Gasteiger partial charge in [0.15, 0.2) is 0 Å². The second-order valence-electron chi connectivity index (χ2n) is 2.22. The molecule has 0 aliphatic carbocycles. The van der Waals surface area contributed by atoms with Crippen molar-refractivity contribution in [3.63, 3.8) is 0 Å². The van der Waals surface area contributed by atoms with Crippen LogP contribution in [0, 0.1) is 6.92 Å². The standard InChI is InChI=1S/C6H6N4O/c1-3-4-2-8-6(7)9-5(4)11-10-3/h2H,1H3,(H2,7,8,9). The lowest BCUT2D eigenvalue weighted by Gasteiger charge is -1.87. The molecule has 0 saturated heterocycles. The molecule has 0 aromatic carbocycles. The van der Waals surface area contributed by atoms with E-state index in [1.165, 1.54) is 0 Å². The van der Waals surface area contributed by atoms with Crippen LogP contribution < -0.4 is 5.73 Å². The molecule has 0 amide bonds. The Morgan fingerprint density at radius 2 is 2.36 bits per heavy atom. The number of anilines is 1. The number of nitrogens with zero attached hydrogens (tertiary/aromatic N) is 3. The van der Waals surface area contributed by atoms with Gasteiger partial charge < -0.3 is 10.3 Å². The zero-order valence-corrected chi connectivity index (χ0v) is 5.90. The monoisotopic (exact) mass is 150 g/mol. The van der Waals surface area contributed by atoms with Gasteiger partial charge in [0, 0.05) is 6.20 Å². The first-order valence-corrected chi connectivity index (χ1v) is 3.12. The van der Waals surface area contributed by atoms with Gasteiger partial charge in [-0.15, -0.1) is 0 Å². The molecule has 56 valence electrons. The highest BCUT2D eigenvalue weighted by molar-refractivity contribution is 5.75. The third-order valence-electron chi connectivity index (χ3n) is 1.43. The van der Waals surface area contributed by atoms with Crippen LogP contribution in [-0.2, 0) is 0 Å². The first-order valence-electron chi connectivity index (χ1n) is 3.12. The fourth-order valence-electron chi connectivity index (χ4n) is 0.858. The van der Waals surface area contributed by atoms with Gasteiger partial charge in [-0.3, -0.25) is 0 Å². The largest absolute Gasteiger partial charge is 0.368 e. The summed E-state index contributed by atoms with van der Waals surface area (Å²) in [5, 5.41) is 4.51. The van der Waals surface area contributed by atoms with E-state index < -0.39 is 0 Å². The fourth-order valence-corrected chi connectivity index (χ4v) is 0.858. The maximum atomic E-state index is 5.32. The average molecular weight is 150 g/mol. The van der Waals surface area contributed by atoms with Gasteiger partial charge in [-0.25, -0.2) is 4.98 Å². The van der Waals surface area contributed by atoms with E-state index >= 15 is 0 Å². The first kappa shape index (κ1) is 6.09. The molecule has 0 fully saturated rings. The van der Waals surface area contributed by atoms with Gasteiger partial charge in [0.25, 0.3) is 5.71 Å². The molecule has 2 aromatic rings. The normalized spacial score (nSPS) is 10.6. The summed E-state index contributed by atoms with van der Waals surface area (Å²) in [5.41, 5.74) is 6.54. The highest BCUT2D eigenvalue weighted by Gasteiger charge is 2.04. The van der Waals surface area contributed by atoms with Gasteiger partial charge >= 0.3 is 0 Å². The summed E-state index contributed by atoms with van der Waals surface area (Å²) >= 11 is 0. The van der Waals surface area contributed by atoms with E-state index in [0.717, 1.165) is 11.1 Å². The van der Waals surface area contributed by atoms with Crippen LogP contribution >= 0.6 is 0 Å². The minimum atomic E-state index is 0.202. The topological polar surface area (TPSA) is 77.8 Å². The molecule has 0 aliphatic heterocycles. The molecule has 2 heterocycles. The number of nitrogen functional groups attached to an aromatic ring is 1. The smallest absolute Gasteiger partial charge is 0.262 e. The molecule has 0 aliphatic rings. The number of fused-ring (bicyclic) bond motifs is 1. The van der Waals surface area contributed by atoms with Crippen LogP contribution in [-0.4, -0.2) is 15.1 Å². The molecule has 2 N–H and O–H groups in total. The minimum absolute atomic E-state index is 0.202. The highest BCUT2D eigenvalue weighted by Crippen LogP contribution is 2.13. The third kappa shape index (κ3) is 0.813. The maximum Gasteiger partial charge on any atom is 0.262 e. The molecule has 5 heteroatoms. The average Bonchev–Trinajstić information content (AvgIpc) is 2.32. The molecule has 2 rings (SSSR count). The quantitative estimate of drug-likeness (QED) is 0.591. The Morgan fingerprint density at radius 1 is 1.55 bits per heavy atom. The van der Waals surface area contributed by atoms with E-state index in [0.29, 0.717) is 5.71 Å². The lowest BCUT2D eigenvalue weighted by Crippen LogP contribution is -1.92. The van der Waals surface area contributed by atoms with E-state index in [2.05, 4.69) is 15.1 Å². The van der Waals surface area contributed by atoms with Crippen molar-refractivity contribution in [1.82, 2.24) is 15.1 Å². The third-order valence-corrected chi connectivity index (χ3v) is 1.43. The molecular weight excluding hydrogens is 144 g/mol. The summed E-state index contributed by atoms with van der Waals surface area (Å²) in [7, 11) is 0. The van der Waals surface area contributed by atoms with E-state index in [4.69, 9.17) is 10.3 Å². The SMILES string of the molecule is Cc1noc2nc(N)ncc12. The summed E-state index contributed by atoms with van der Waals surface area (Å²) in [4.78, 5) is 7.64. The van der Waals surface area contributed by atoms with Crippen molar-refractivity contribution in [3.8, 4) is 0 Å². The molecular formula is C6H6N4O. The second kappa shape index (κ2) is 1.91. The second-order valence-corrected chi connectivity index (χ2v) is 2.22. The van der Waals surface area contributed by atoms with Crippen molar-refractivity contribution >= 4 is 17.0 Å². The summed E-state index contributed by atoms with van der Waals surface area (Å²) in [6, 6.07) is 0. The van der Waals surface area contributed by atoms with Crippen LogP contribution in [0.1, 0.15) is 5.69 Å². The number of hydrogen-bond acceptors (Lipinski definition) is 5. The Bertz CT molecular complexity index is 394. The van der Waals surface area contributed by atoms with Gasteiger partial charge in [-0.2, -0.15) is 4.98 Å². The van der Waals surface area contributed by atoms with Crippen LogP contribution in [0.5, 0.6) is 0 Å². The summed E-state index contributed by atoms with van der Waals surface area (Å²) in [6.07, 6.45) is 1.60. The Labute approximate surface area is 62.2 Å². The van der Waals surface area contributed by atoms with Gasteiger partial charge in [0.1, 0.15) is 0 Å². The Hall–Kier alpha value is -1.65. The van der Waals surface area contributed by atoms with Gasteiger partial charge in [0.2, 0.25) is 5.95 Å². The highest BCUT2D eigenvalue weighted by atomic mass is 16.5. The predicted octanol–water partition coefficient (Wildman–Crippen LogP) is 0.508. The van der Waals surface area contributed by atoms with Crippen molar-refractivity contribution in [2.75, 3.05) is 5.73 Å². The van der Waals surface area contributed by atoms with Crippen LogP contribution in [0.25, 0.3) is 11.1 Å². The molecule has 0 unspecified atom stereocenters. The van der Waals surface area contributed by atoms with Gasteiger partial charge in [0.05, 0.1) is 11.1 Å². The number of nitrogens with two attached hydrogens (primary N) is 1. The van der Waals surface area contributed by atoms with Crippen LogP contribution in [0.3, 0.4) is 0 Å². The molecule has 0 radical (unpaired) electrons. The van der Waals surface area contributed by atoms with Gasteiger partial charge in [-0.1, -0.05) is 5.16 Å². The molecule has 11 heavy (non-hydrogen) atoms. The molecule has 0 spiro atoms. The number of rotatable bonds is 0. The number of hydrogen-bond donors (Lipinski definition) is 1. The van der Waals surface area contributed by atoms with E-state index in [9.17, 15) is 0 Å². The van der Waals surface area contributed by atoms with Crippen molar-refractivity contribution in [2.24, 2.45) is 0 Å². The van der Waals surface area contributed by atoms with E-state index in [1.54, 1.807) is 6.20 Å².